The molecule has 2 aliphatic rings. The van der Waals surface area contributed by atoms with E-state index in [1.54, 1.807) is 5.56 Å². The summed E-state index contributed by atoms with van der Waals surface area (Å²) in [6.07, 6.45) is 6.82. The van der Waals surface area contributed by atoms with Gasteiger partial charge in [0.15, 0.2) is 0 Å². The average Bonchev–Trinajstić information content (AvgIpc) is 2.78. The number of benzene rings is 1. The highest BCUT2D eigenvalue weighted by Gasteiger charge is 2.36. The number of hydrogen-bond acceptors (Lipinski definition) is 1. The van der Waals surface area contributed by atoms with E-state index in [2.05, 4.69) is 41.0 Å². The number of rotatable bonds is 0. The molecule has 0 amide bonds. The summed E-state index contributed by atoms with van der Waals surface area (Å²) >= 11 is 2.14. The molecule has 1 aromatic heterocycles. The van der Waals surface area contributed by atoms with Crippen molar-refractivity contribution in [3.8, 4) is 0 Å². The van der Waals surface area contributed by atoms with Gasteiger partial charge in [-0.1, -0.05) is 18.2 Å². The van der Waals surface area contributed by atoms with Gasteiger partial charge in [-0.2, -0.15) is 11.8 Å². The van der Waals surface area contributed by atoms with E-state index in [9.17, 15) is 0 Å². The molecule has 94 valence electrons. The molecule has 2 aromatic rings. The molecule has 1 spiro atoms. The third-order valence-electron chi connectivity index (χ3n) is 4.91. The Kier molecular flexibility index (Phi) is 2.47. The van der Waals surface area contributed by atoms with Crippen molar-refractivity contribution in [3.05, 3.63) is 35.5 Å². The van der Waals surface area contributed by atoms with E-state index >= 15 is 0 Å². The van der Waals surface area contributed by atoms with Crippen molar-refractivity contribution in [2.75, 3.05) is 11.5 Å². The monoisotopic (exact) mass is 257 g/mol. The molecule has 0 atom stereocenters. The van der Waals surface area contributed by atoms with E-state index in [0.29, 0.717) is 5.41 Å². The van der Waals surface area contributed by atoms with Crippen molar-refractivity contribution in [2.24, 2.45) is 5.41 Å². The second-order valence-corrected chi connectivity index (χ2v) is 7.14. The quantitative estimate of drug-likeness (QED) is 0.749. The minimum absolute atomic E-state index is 0.628. The molecule has 2 heteroatoms. The molecular weight excluding hydrogens is 238 g/mol. The first-order valence-electron chi connectivity index (χ1n) is 7.03. The van der Waals surface area contributed by atoms with Gasteiger partial charge in [0.05, 0.1) is 0 Å². The maximum absolute atomic E-state index is 3.63. The maximum Gasteiger partial charge on any atom is 0.0458 e. The van der Waals surface area contributed by atoms with Crippen LogP contribution in [0.3, 0.4) is 0 Å². The number of fused-ring (bicyclic) bond motifs is 3. The van der Waals surface area contributed by atoms with Crippen LogP contribution in [0.15, 0.2) is 24.3 Å². The van der Waals surface area contributed by atoms with E-state index in [1.165, 1.54) is 60.2 Å². The van der Waals surface area contributed by atoms with Gasteiger partial charge in [0.25, 0.3) is 0 Å². The number of aryl methyl sites for hydroxylation is 1. The van der Waals surface area contributed by atoms with Gasteiger partial charge in [-0.3, -0.25) is 0 Å². The number of aromatic amines is 1. The summed E-state index contributed by atoms with van der Waals surface area (Å²) in [7, 11) is 0. The molecule has 2 heterocycles. The fourth-order valence-corrected chi connectivity index (χ4v) is 5.11. The second-order valence-electron chi connectivity index (χ2n) is 5.92. The maximum atomic E-state index is 3.63. The summed E-state index contributed by atoms with van der Waals surface area (Å²) in [6.45, 7) is 0. The number of hydrogen-bond donors (Lipinski definition) is 1. The van der Waals surface area contributed by atoms with E-state index in [-0.39, 0.29) is 0 Å². The summed E-state index contributed by atoms with van der Waals surface area (Å²) < 4.78 is 0. The Labute approximate surface area is 112 Å². The van der Waals surface area contributed by atoms with Gasteiger partial charge in [-0.05, 0) is 60.7 Å². The molecule has 0 radical (unpaired) electrons. The molecule has 1 fully saturated rings. The molecule has 0 saturated carbocycles. The smallest absolute Gasteiger partial charge is 0.0458 e. The van der Waals surface area contributed by atoms with Gasteiger partial charge >= 0.3 is 0 Å². The summed E-state index contributed by atoms with van der Waals surface area (Å²) in [5, 5.41) is 1.48. The highest BCUT2D eigenvalue weighted by atomic mass is 32.2. The van der Waals surface area contributed by atoms with Gasteiger partial charge in [0, 0.05) is 16.6 Å². The molecule has 1 aromatic carbocycles. The highest BCUT2D eigenvalue weighted by Crippen LogP contribution is 2.46. The third kappa shape index (κ3) is 1.62. The lowest BCUT2D eigenvalue weighted by Gasteiger charge is -2.40. The van der Waals surface area contributed by atoms with Crippen molar-refractivity contribution >= 4 is 22.7 Å². The fraction of sp³-hybridized carbons (Fsp3) is 0.500. The molecule has 4 rings (SSSR count). The summed E-state index contributed by atoms with van der Waals surface area (Å²) in [6, 6.07) is 8.82. The predicted octanol–water partition coefficient (Wildman–Crippen LogP) is 4.17. The summed E-state index contributed by atoms with van der Waals surface area (Å²) in [5.74, 6) is 2.75. The van der Waals surface area contributed by atoms with Crippen LogP contribution in [0.2, 0.25) is 0 Å². The lowest BCUT2D eigenvalue weighted by molar-refractivity contribution is 0.223. The average molecular weight is 257 g/mol. The van der Waals surface area contributed by atoms with E-state index in [0.717, 1.165) is 0 Å². The normalized spacial score (nSPS) is 22.2. The fourth-order valence-electron chi connectivity index (χ4n) is 3.76. The lowest BCUT2D eigenvalue weighted by Crippen LogP contribution is -2.32. The largest absolute Gasteiger partial charge is 0.358 e. The van der Waals surface area contributed by atoms with Crippen LogP contribution < -0.4 is 0 Å². The molecule has 0 bridgehead atoms. The third-order valence-corrected chi connectivity index (χ3v) is 5.90. The molecule has 1 N–H and O–H groups in total. The van der Waals surface area contributed by atoms with E-state index in [4.69, 9.17) is 0 Å². The van der Waals surface area contributed by atoms with Gasteiger partial charge in [0.1, 0.15) is 0 Å². The standard InChI is InChI=1S/C16H19NS/c1-2-4-14-12(3-1)13-11-16(6-5-15(13)17-14)7-9-18-10-8-16/h1-4,17H,5-11H2. The van der Waals surface area contributed by atoms with Crippen molar-refractivity contribution in [3.63, 3.8) is 0 Å². The van der Waals surface area contributed by atoms with E-state index in [1.807, 2.05) is 0 Å². The van der Waals surface area contributed by atoms with Crippen molar-refractivity contribution in [1.82, 2.24) is 4.98 Å². The van der Waals surface area contributed by atoms with Crippen molar-refractivity contribution in [1.29, 1.82) is 0 Å². The number of para-hydroxylation sites is 1. The highest BCUT2D eigenvalue weighted by molar-refractivity contribution is 7.99. The Bertz CT molecular complexity index is 578. The predicted molar refractivity (Wildman–Crippen MR) is 79.3 cm³/mol. The Morgan fingerprint density at radius 3 is 2.78 bits per heavy atom. The van der Waals surface area contributed by atoms with Gasteiger partial charge in [0.2, 0.25) is 0 Å². The minimum Gasteiger partial charge on any atom is -0.358 e. The number of thioether (sulfide) groups is 1. The summed E-state index contributed by atoms with van der Waals surface area (Å²) in [5.41, 5.74) is 5.11. The van der Waals surface area contributed by atoms with Crippen molar-refractivity contribution < 1.29 is 0 Å². The van der Waals surface area contributed by atoms with Crippen LogP contribution in [0.4, 0.5) is 0 Å². The van der Waals surface area contributed by atoms with Crippen molar-refractivity contribution in [2.45, 2.75) is 32.1 Å². The second kappa shape index (κ2) is 4.06. The molecule has 1 aliphatic carbocycles. The van der Waals surface area contributed by atoms with Crippen LogP contribution in [0.5, 0.6) is 0 Å². The molecule has 1 nitrogen and oxygen atoms in total. The Morgan fingerprint density at radius 1 is 1.06 bits per heavy atom. The van der Waals surface area contributed by atoms with Gasteiger partial charge in [-0.25, -0.2) is 0 Å². The first kappa shape index (κ1) is 11.0. The van der Waals surface area contributed by atoms with Gasteiger partial charge < -0.3 is 4.98 Å². The Morgan fingerprint density at radius 2 is 1.89 bits per heavy atom. The first-order valence-corrected chi connectivity index (χ1v) is 8.18. The number of aromatic nitrogens is 1. The Balaban J connectivity index is 1.79. The molecule has 1 aliphatic heterocycles. The lowest BCUT2D eigenvalue weighted by atomic mass is 9.69. The topological polar surface area (TPSA) is 15.8 Å². The Hall–Kier alpha value is -0.890. The van der Waals surface area contributed by atoms with Crippen LogP contribution in [0.1, 0.15) is 30.5 Å². The molecule has 0 unspecified atom stereocenters. The van der Waals surface area contributed by atoms with Crippen LogP contribution in [0.25, 0.3) is 10.9 Å². The zero-order chi connectivity index (χ0) is 12.0. The molecular formula is C16H19NS. The van der Waals surface area contributed by atoms with Gasteiger partial charge in [-0.15, -0.1) is 0 Å². The van der Waals surface area contributed by atoms with E-state index < -0.39 is 0 Å². The number of H-pyrrole nitrogens is 1. The van der Waals surface area contributed by atoms with Crippen LogP contribution in [0, 0.1) is 5.41 Å². The molecule has 1 saturated heterocycles. The minimum atomic E-state index is 0.628. The zero-order valence-corrected chi connectivity index (χ0v) is 11.5. The number of nitrogens with one attached hydrogen (secondary N) is 1. The van der Waals surface area contributed by atoms with Crippen LogP contribution in [-0.2, 0) is 12.8 Å². The SMILES string of the molecule is c1ccc2c3c([nH]c2c1)CCC1(CCSCC1)C3. The molecule has 18 heavy (non-hydrogen) atoms. The van der Waals surface area contributed by atoms with Crippen LogP contribution in [-0.4, -0.2) is 16.5 Å². The van der Waals surface area contributed by atoms with Crippen LogP contribution >= 0.6 is 11.8 Å². The first-order chi connectivity index (χ1) is 8.86. The summed E-state index contributed by atoms with van der Waals surface area (Å²) in [4.78, 5) is 3.63. The zero-order valence-electron chi connectivity index (χ0n) is 10.7.